The molecule has 0 fully saturated rings. The number of amides is 1. The topological polar surface area (TPSA) is 74.8 Å². The Kier molecular flexibility index (Phi) is 5.23. The van der Waals surface area contributed by atoms with Gasteiger partial charge < -0.3 is 4.90 Å². The second kappa shape index (κ2) is 7.57. The number of aromatic nitrogens is 4. The number of tetrazole rings is 1. The normalized spacial score (nSPS) is 12.1. The molecule has 0 saturated heterocycles. The number of hydrogen-bond donors (Lipinski definition) is 1. The molecule has 0 aliphatic carbocycles. The highest BCUT2D eigenvalue weighted by Crippen LogP contribution is 2.25. The molecule has 3 rings (SSSR count). The van der Waals surface area contributed by atoms with Crippen LogP contribution in [0.3, 0.4) is 0 Å². The van der Waals surface area contributed by atoms with E-state index < -0.39 is 0 Å². The average Bonchev–Trinajstić information content (AvgIpc) is 3.30. The SMILES string of the molecule is CCC(C)N(Cc1sccc1C)C(=O)c1ccccc1-c1nn[nH]n1. The first kappa shape index (κ1) is 17.3. The fraction of sp³-hybridized carbons (Fsp3) is 0.333. The Bertz CT molecular complexity index is 843. The van der Waals surface area contributed by atoms with Gasteiger partial charge in [0, 0.05) is 16.5 Å². The molecule has 3 aromatic rings. The van der Waals surface area contributed by atoms with Crippen molar-refractivity contribution in [1.29, 1.82) is 0 Å². The lowest BCUT2D eigenvalue weighted by Gasteiger charge is -2.29. The van der Waals surface area contributed by atoms with Crippen molar-refractivity contribution in [2.75, 3.05) is 0 Å². The molecule has 7 heteroatoms. The fourth-order valence-electron chi connectivity index (χ4n) is 2.66. The van der Waals surface area contributed by atoms with E-state index in [1.165, 1.54) is 10.4 Å². The van der Waals surface area contributed by atoms with Gasteiger partial charge in [0.05, 0.1) is 12.1 Å². The van der Waals surface area contributed by atoms with Crippen LogP contribution < -0.4 is 0 Å². The van der Waals surface area contributed by atoms with Gasteiger partial charge in [-0.15, -0.1) is 21.5 Å². The number of benzene rings is 1. The Morgan fingerprint density at radius 1 is 1.32 bits per heavy atom. The average molecular weight is 355 g/mol. The van der Waals surface area contributed by atoms with E-state index in [-0.39, 0.29) is 11.9 Å². The molecule has 1 unspecified atom stereocenters. The summed E-state index contributed by atoms with van der Waals surface area (Å²) in [7, 11) is 0. The minimum Gasteiger partial charge on any atom is -0.331 e. The smallest absolute Gasteiger partial charge is 0.255 e. The zero-order valence-corrected chi connectivity index (χ0v) is 15.4. The number of aromatic amines is 1. The highest BCUT2D eigenvalue weighted by molar-refractivity contribution is 7.10. The number of rotatable bonds is 6. The summed E-state index contributed by atoms with van der Waals surface area (Å²) in [6, 6.07) is 9.63. The zero-order valence-electron chi connectivity index (χ0n) is 14.6. The number of hydrogen-bond acceptors (Lipinski definition) is 5. The van der Waals surface area contributed by atoms with Crippen molar-refractivity contribution in [3.05, 3.63) is 51.7 Å². The Hall–Kier alpha value is -2.54. The van der Waals surface area contributed by atoms with Crippen molar-refractivity contribution >= 4 is 17.2 Å². The first-order valence-corrected chi connectivity index (χ1v) is 9.16. The van der Waals surface area contributed by atoms with E-state index in [1.54, 1.807) is 11.3 Å². The summed E-state index contributed by atoms with van der Waals surface area (Å²) in [6.45, 7) is 6.87. The summed E-state index contributed by atoms with van der Waals surface area (Å²) in [5.41, 5.74) is 2.51. The molecule has 0 aliphatic heterocycles. The van der Waals surface area contributed by atoms with Crippen molar-refractivity contribution in [1.82, 2.24) is 25.5 Å². The summed E-state index contributed by atoms with van der Waals surface area (Å²) in [6.07, 6.45) is 0.889. The van der Waals surface area contributed by atoms with Crippen LogP contribution in [0.25, 0.3) is 11.4 Å². The van der Waals surface area contributed by atoms with Gasteiger partial charge >= 0.3 is 0 Å². The highest BCUT2D eigenvalue weighted by atomic mass is 32.1. The van der Waals surface area contributed by atoms with Crippen LogP contribution in [-0.4, -0.2) is 37.5 Å². The van der Waals surface area contributed by atoms with E-state index >= 15 is 0 Å². The van der Waals surface area contributed by atoms with Crippen LogP contribution >= 0.6 is 11.3 Å². The van der Waals surface area contributed by atoms with Gasteiger partial charge in [-0.05, 0) is 48.6 Å². The molecule has 0 spiro atoms. The van der Waals surface area contributed by atoms with Gasteiger partial charge in [-0.1, -0.05) is 25.1 Å². The Balaban J connectivity index is 1.97. The number of nitrogens with zero attached hydrogens (tertiary/aromatic N) is 4. The summed E-state index contributed by atoms with van der Waals surface area (Å²) < 4.78 is 0. The van der Waals surface area contributed by atoms with Crippen molar-refractivity contribution < 1.29 is 4.79 Å². The first-order valence-electron chi connectivity index (χ1n) is 8.28. The number of carbonyl (C=O) groups is 1. The van der Waals surface area contributed by atoms with E-state index in [9.17, 15) is 4.79 Å². The van der Waals surface area contributed by atoms with Crippen LogP contribution in [-0.2, 0) is 6.54 Å². The van der Waals surface area contributed by atoms with Crippen LogP contribution in [0.15, 0.2) is 35.7 Å². The molecular formula is C18H21N5OS. The maximum absolute atomic E-state index is 13.3. The molecule has 2 aromatic heterocycles. The quantitative estimate of drug-likeness (QED) is 0.732. The molecule has 0 radical (unpaired) electrons. The third kappa shape index (κ3) is 3.61. The van der Waals surface area contributed by atoms with Gasteiger partial charge in [0.1, 0.15) is 0 Å². The van der Waals surface area contributed by atoms with Gasteiger partial charge in [-0.25, -0.2) is 0 Å². The van der Waals surface area contributed by atoms with Crippen LogP contribution in [0.1, 0.15) is 41.1 Å². The van der Waals surface area contributed by atoms with E-state index in [2.05, 4.69) is 52.8 Å². The maximum atomic E-state index is 13.3. The summed E-state index contributed by atoms with van der Waals surface area (Å²) >= 11 is 1.69. The summed E-state index contributed by atoms with van der Waals surface area (Å²) in [5.74, 6) is 0.419. The molecule has 130 valence electrons. The van der Waals surface area contributed by atoms with Gasteiger partial charge in [-0.2, -0.15) is 5.21 Å². The minimum absolute atomic E-state index is 0.0115. The molecule has 1 N–H and O–H groups in total. The largest absolute Gasteiger partial charge is 0.331 e. The highest BCUT2D eigenvalue weighted by Gasteiger charge is 2.25. The Morgan fingerprint density at radius 3 is 2.76 bits per heavy atom. The van der Waals surface area contributed by atoms with Crippen LogP contribution in [0.5, 0.6) is 0 Å². The molecule has 25 heavy (non-hydrogen) atoms. The molecule has 6 nitrogen and oxygen atoms in total. The lowest BCUT2D eigenvalue weighted by molar-refractivity contribution is 0.0674. The fourth-order valence-corrected chi connectivity index (χ4v) is 3.57. The van der Waals surface area contributed by atoms with Crippen LogP contribution in [0.2, 0.25) is 0 Å². The third-order valence-electron chi connectivity index (χ3n) is 4.41. The van der Waals surface area contributed by atoms with Crippen LogP contribution in [0.4, 0.5) is 0 Å². The second-order valence-corrected chi connectivity index (χ2v) is 7.00. The van der Waals surface area contributed by atoms with Crippen molar-refractivity contribution in [3.8, 4) is 11.4 Å². The molecule has 0 bridgehead atoms. The number of carbonyl (C=O) groups excluding carboxylic acids is 1. The Morgan fingerprint density at radius 2 is 2.12 bits per heavy atom. The predicted molar refractivity (Wildman–Crippen MR) is 98.3 cm³/mol. The van der Waals surface area contributed by atoms with Gasteiger partial charge in [0.2, 0.25) is 5.82 Å². The number of nitrogens with one attached hydrogen (secondary N) is 1. The molecule has 0 aliphatic rings. The predicted octanol–water partition coefficient (Wildman–Crippen LogP) is 3.68. The first-order chi connectivity index (χ1) is 12.1. The Labute approximate surface area is 150 Å². The molecule has 1 atom stereocenters. The van der Waals surface area contributed by atoms with E-state index in [4.69, 9.17) is 0 Å². The monoisotopic (exact) mass is 355 g/mol. The lowest BCUT2D eigenvalue weighted by Crippen LogP contribution is -2.38. The zero-order chi connectivity index (χ0) is 17.8. The standard InChI is InChI=1S/C18H21N5OS/c1-4-13(3)23(11-16-12(2)9-10-25-16)18(24)15-8-6-5-7-14(15)17-19-21-22-20-17/h5-10,13H,4,11H2,1-3H3,(H,19,20,21,22). The number of thiophene rings is 1. The second-order valence-electron chi connectivity index (χ2n) is 6.00. The van der Waals surface area contributed by atoms with Crippen molar-refractivity contribution in [2.45, 2.75) is 39.8 Å². The van der Waals surface area contributed by atoms with E-state index in [0.717, 1.165) is 6.42 Å². The number of H-pyrrole nitrogens is 1. The van der Waals surface area contributed by atoms with Crippen molar-refractivity contribution in [3.63, 3.8) is 0 Å². The van der Waals surface area contributed by atoms with Gasteiger partial charge in [0.15, 0.2) is 0 Å². The molecule has 2 heterocycles. The lowest BCUT2D eigenvalue weighted by atomic mass is 10.0. The number of aryl methyl sites for hydroxylation is 1. The summed E-state index contributed by atoms with van der Waals surface area (Å²) in [4.78, 5) is 16.5. The third-order valence-corrected chi connectivity index (χ3v) is 5.42. The van der Waals surface area contributed by atoms with Gasteiger partial charge in [0.25, 0.3) is 5.91 Å². The van der Waals surface area contributed by atoms with Gasteiger partial charge in [-0.3, -0.25) is 4.79 Å². The molecular weight excluding hydrogens is 334 g/mol. The molecule has 0 saturated carbocycles. The maximum Gasteiger partial charge on any atom is 0.255 e. The van der Waals surface area contributed by atoms with E-state index in [1.807, 2.05) is 29.2 Å². The van der Waals surface area contributed by atoms with E-state index in [0.29, 0.717) is 23.5 Å². The summed E-state index contributed by atoms with van der Waals surface area (Å²) in [5, 5.41) is 16.2. The molecule has 1 amide bonds. The minimum atomic E-state index is -0.0115. The van der Waals surface area contributed by atoms with Crippen LogP contribution in [0, 0.1) is 6.92 Å². The van der Waals surface area contributed by atoms with Crippen molar-refractivity contribution in [2.24, 2.45) is 0 Å². The molecule has 1 aromatic carbocycles.